The molecular weight excluding hydrogens is 276 g/mol. The van der Waals surface area contributed by atoms with Crippen LogP contribution in [0.3, 0.4) is 0 Å². The average Bonchev–Trinajstić information content (AvgIpc) is 2.38. The van der Waals surface area contributed by atoms with Crippen molar-refractivity contribution >= 4 is 15.7 Å². The zero-order valence-electron chi connectivity index (χ0n) is 12.3. The molecule has 0 radical (unpaired) electrons. The zero-order chi connectivity index (χ0) is 15.2. The van der Waals surface area contributed by atoms with Crippen molar-refractivity contribution in [2.45, 2.75) is 38.1 Å². The molecule has 0 spiro atoms. The Labute approximate surface area is 121 Å². The van der Waals surface area contributed by atoms with Crippen molar-refractivity contribution in [2.75, 3.05) is 24.6 Å². The molecule has 6 heteroatoms. The van der Waals surface area contributed by atoms with Gasteiger partial charge in [-0.25, -0.2) is 13.1 Å². The lowest BCUT2D eigenvalue weighted by Crippen LogP contribution is -2.33. The second-order valence-electron chi connectivity index (χ2n) is 4.90. The highest BCUT2D eigenvalue weighted by Crippen LogP contribution is 2.25. The molecule has 0 heterocycles. The fourth-order valence-corrected chi connectivity index (χ4v) is 3.51. The van der Waals surface area contributed by atoms with Gasteiger partial charge in [0.1, 0.15) is 4.90 Å². The van der Waals surface area contributed by atoms with Crippen LogP contribution in [0.15, 0.2) is 29.2 Å². The number of para-hydroxylation sites is 1. The van der Waals surface area contributed by atoms with Crippen molar-refractivity contribution in [3.8, 4) is 0 Å². The molecule has 0 saturated heterocycles. The number of aliphatic hydroxyl groups excluding tert-OH is 1. The topological polar surface area (TPSA) is 69.6 Å². The second kappa shape index (κ2) is 7.61. The van der Waals surface area contributed by atoms with Crippen molar-refractivity contribution in [3.63, 3.8) is 0 Å². The van der Waals surface area contributed by atoms with Crippen LogP contribution >= 0.6 is 0 Å². The molecular formula is C14H24N2O3S. The van der Waals surface area contributed by atoms with E-state index >= 15 is 0 Å². The molecule has 1 rings (SSSR count). The maximum atomic E-state index is 12.4. The minimum absolute atomic E-state index is 0.0929. The first-order valence-electron chi connectivity index (χ1n) is 6.89. The van der Waals surface area contributed by atoms with Gasteiger partial charge < -0.3 is 10.0 Å². The van der Waals surface area contributed by atoms with Crippen LogP contribution in [0.4, 0.5) is 5.69 Å². The monoisotopic (exact) mass is 300 g/mol. The molecule has 1 aromatic rings. The van der Waals surface area contributed by atoms with Gasteiger partial charge in [-0.15, -0.1) is 0 Å². The maximum absolute atomic E-state index is 12.4. The Morgan fingerprint density at radius 1 is 1.30 bits per heavy atom. The Morgan fingerprint density at radius 3 is 2.50 bits per heavy atom. The first-order chi connectivity index (χ1) is 9.42. The van der Waals surface area contributed by atoms with Crippen LogP contribution in [0.1, 0.15) is 27.2 Å². The van der Waals surface area contributed by atoms with Crippen LogP contribution in [0, 0.1) is 0 Å². The number of sulfonamides is 1. The Morgan fingerprint density at radius 2 is 1.95 bits per heavy atom. The van der Waals surface area contributed by atoms with Gasteiger partial charge in [0.25, 0.3) is 0 Å². The van der Waals surface area contributed by atoms with Gasteiger partial charge in [0.15, 0.2) is 0 Å². The van der Waals surface area contributed by atoms with E-state index in [1.54, 1.807) is 32.0 Å². The summed E-state index contributed by atoms with van der Waals surface area (Å²) in [6.07, 6.45) is 0.611. The highest BCUT2D eigenvalue weighted by atomic mass is 32.2. The lowest BCUT2D eigenvalue weighted by molar-refractivity contribution is 0.289. The van der Waals surface area contributed by atoms with Gasteiger partial charge in [-0.3, -0.25) is 0 Å². The molecule has 0 atom stereocenters. The van der Waals surface area contributed by atoms with E-state index in [4.69, 9.17) is 5.11 Å². The van der Waals surface area contributed by atoms with Gasteiger partial charge >= 0.3 is 0 Å². The molecule has 0 aliphatic carbocycles. The van der Waals surface area contributed by atoms with Crippen LogP contribution in [0.25, 0.3) is 0 Å². The van der Waals surface area contributed by atoms with Gasteiger partial charge in [-0.2, -0.15) is 0 Å². The molecule has 5 nitrogen and oxygen atoms in total. The average molecular weight is 300 g/mol. The molecule has 0 unspecified atom stereocenters. The zero-order valence-corrected chi connectivity index (χ0v) is 13.2. The third-order valence-corrected chi connectivity index (χ3v) is 4.56. The van der Waals surface area contributed by atoms with E-state index < -0.39 is 10.0 Å². The highest BCUT2D eigenvalue weighted by Gasteiger charge is 2.21. The summed E-state index contributed by atoms with van der Waals surface area (Å²) in [4.78, 5) is 2.25. The van der Waals surface area contributed by atoms with Gasteiger partial charge in [0.2, 0.25) is 10.0 Å². The first-order valence-corrected chi connectivity index (χ1v) is 8.37. The van der Waals surface area contributed by atoms with Gasteiger partial charge in [-0.05, 0) is 39.3 Å². The molecule has 114 valence electrons. The molecule has 0 aromatic heterocycles. The molecule has 1 aromatic carbocycles. The summed E-state index contributed by atoms with van der Waals surface area (Å²) < 4.78 is 27.3. The molecule has 0 aliphatic rings. The van der Waals surface area contributed by atoms with Crippen molar-refractivity contribution < 1.29 is 13.5 Å². The van der Waals surface area contributed by atoms with E-state index in [0.29, 0.717) is 25.2 Å². The van der Waals surface area contributed by atoms with Crippen molar-refractivity contribution in [1.29, 1.82) is 0 Å². The number of aliphatic hydroxyl groups is 1. The molecule has 0 fully saturated rings. The smallest absolute Gasteiger partial charge is 0.242 e. The fourth-order valence-electron chi connectivity index (χ4n) is 2.03. The number of nitrogens with zero attached hydrogens (tertiary/aromatic N) is 1. The van der Waals surface area contributed by atoms with Crippen LogP contribution in [0.5, 0.6) is 0 Å². The summed E-state index contributed by atoms with van der Waals surface area (Å²) in [5.41, 5.74) is 0.677. The standard InChI is InChI=1S/C14H24N2O3S/c1-4-16(10-7-11-17)13-8-5-6-9-14(13)20(18,19)15-12(2)3/h5-6,8-9,12,15,17H,4,7,10-11H2,1-3H3. The SMILES string of the molecule is CCN(CCCO)c1ccccc1S(=O)(=O)NC(C)C. The minimum atomic E-state index is -3.52. The van der Waals surface area contributed by atoms with Crippen LogP contribution in [0.2, 0.25) is 0 Å². The third-order valence-electron chi connectivity index (χ3n) is 2.85. The Balaban J connectivity index is 3.15. The van der Waals surface area contributed by atoms with Crippen molar-refractivity contribution in [3.05, 3.63) is 24.3 Å². The summed E-state index contributed by atoms with van der Waals surface area (Å²) in [5, 5.41) is 8.95. The number of rotatable bonds is 8. The van der Waals surface area contributed by atoms with Crippen molar-refractivity contribution in [1.82, 2.24) is 4.72 Å². The van der Waals surface area contributed by atoms with E-state index in [1.165, 1.54) is 0 Å². The van der Waals surface area contributed by atoms with E-state index in [1.807, 2.05) is 17.9 Å². The predicted molar refractivity (Wildman–Crippen MR) is 81.5 cm³/mol. The number of hydrogen-bond acceptors (Lipinski definition) is 4. The van der Waals surface area contributed by atoms with Crippen LogP contribution in [-0.4, -0.2) is 39.3 Å². The number of hydrogen-bond donors (Lipinski definition) is 2. The van der Waals surface area contributed by atoms with Crippen molar-refractivity contribution in [2.24, 2.45) is 0 Å². The lowest BCUT2D eigenvalue weighted by atomic mass is 10.2. The van der Waals surface area contributed by atoms with E-state index in [2.05, 4.69) is 4.72 Å². The Bertz CT molecular complexity index is 515. The van der Waals surface area contributed by atoms with Crippen LogP contribution in [-0.2, 0) is 10.0 Å². The summed E-state index contributed by atoms with van der Waals surface area (Å²) in [7, 11) is -3.52. The molecule has 0 aliphatic heterocycles. The molecule has 0 bridgehead atoms. The number of benzene rings is 1. The first kappa shape index (κ1) is 16.9. The normalized spacial score (nSPS) is 11.8. The summed E-state index contributed by atoms with van der Waals surface area (Å²) in [6.45, 7) is 6.97. The van der Waals surface area contributed by atoms with Gasteiger partial charge in [0.05, 0.1) is 5.69 Å². The van der Waals surface area contributed by atoms with E-state index in [9.17, 15) is 8.42 Å². The predicted octanol–water partition coefficient (Wildman–Crippen LogP) is 1.58. The third kappa shape index (κ3) is 4.47. The van der Waals surface area contributed by atoms with E-state index in [-0.39, 0.29) is 17.5 Å². The summed E-state index contributed by atoms with van der Waals surface area (Å²) in [5.74, 6) is 0. The number of anilines is 1. The molecule has 2 N–H and O–H groups in total. The molecule has 0 amide bonds. The van der Waals surface area contributed by atoms with Crippen LogP contribution < -0.4 is 9.62 Å². The molecule has 0 saturated carbocycles. The molecule has 20 heavy (non-hydrogen) atoms. The Hall–Kier alpha value is -1.11. The highest BCUT2D eigenvalue weighted by molar-refractivity contribution is 7.89. The van der Waals surface area contributed by atoms with E-state index in [0.717, 1.165) is 0 Å². The second-order valence-corrected chi connectivity index (χ2v) is 6.58. The lowest BCUT2D eigenvalue weighted by Gasteiger charge is -2.25. The van der Waals surface area contributed by atoms with Gasteiger partial charge in [-0.1, -0.05) is 12.1 Å². The Kier molecular flexibility index (Phi) is 6.45. The quantitative estimate of drug-likeness (QED) is 0.765. The largest absolute Gasteiger partial charge is 0.396 e. The fraction of sp³-hybridized carbons (Fsp3) is 0.571. The maximum Gasteiger partial charge on any atom is 0.242 e. The van der Waals surface area contributed by atoms with Gasteiger partial charge in [0, 0.05) is 25.7 Å². The summed E-state index contributed by atoms with van der Waals surface area (Å²) in [6, 6.07) is 6.81. The number of nitrogens with one attached hydrogen (secondary N) is 1. The minimum Gasteiger partial charge on any atom is -0.396 e. The summed E-state index contributed by atoms with van der Waals surface area (Å²) >= 11 is 0.